The zero-order valence-corrected chi connectivity index (χ0v) is 13.5. The Kier molecular flexibility index (Phi) is 5.81. The van der Waals surface area contributed by atoms with Crippen molar-refractivity contribution in [3.8, 4) is 0 Å². The molecule has 120 valence electrons. The van der Waals surface area contributed by atoms with Crippen LogP contribution in [0.3, 0.4) is 0 Å². The average molecular weight is 302 g/mol. The average Bonchev–Trinajstić information content (AvgIpc) is 2.96. The summed E-state index contributed by atoms with van der Waals surface area (Å²) >= 11 is 0. The summed E-state index contributed by atoms with van der Waals surface area (Å²) in [7, 11) is 0. The predicted octanol–water partition coefficient (Wildman–Crippen LogP) is 3.32. The third-order valence-electron chi connectivity index (χ3n) is 4.26. The molecule has 0 heterocycles. The SMILES string of the molecule is Cc1cccc(C)c1NC(=O)NC(N)=NCCC1CCCC1. The summed E-state index contributed by atoms with van der Waals surface area (Å²) in [5.74, 6) is 0.960. The molecule has 0 radical (unpaired) electrons. The molecule has 0 unspecified atom stereocenters. The van der Waals surface area contributed by atoms with Gasteiger partial charge in [-0.05, 0) is 37.3 Å². The first-order valence-corrected chi connectivity index (χ1v) is 8.00. The van der Waals surface area contributed by atoms with E-state index >= 15 is 0 Å². The van der Waals surface area contributed by atoms with Crippen LogP contribution in [-0.2, 0) is 0 Å². The number of aliphatic imine (C=N–C) groups is 1. The van der Waals surface area contributed by atoms with Crippen LogP contribution in [0.4, 0.5) is 10.5 Å². The Morgan fingerprint density at radius 3 is 2.55 bits per heavy atom. The van der Waals surface area contributed by atoms with Crippen molar-refractivity contribution in [1.29, 1.82) is 0 Å². The fourth-order valence-corrected chi connectivity index (χ4v) is 2.98. The van der Waals surface area contributed by atoms with Crippen LogP contribution in [0, 0.1) is 19.8 Å². The highest BCUT2D eigenvalue weighted by Gasteiger charge is 2.14. The predicted molar refractivity (Wildman–Crippen MR) is 91.1 cm³/mol. The molecule has 2 rings (SSSR count). The lowest BCUT2D eigenvalue weighted by molar-refractivity contribution is 0.256. The summed E-state index contributed by atoms with van der Waals surface area (Å²) in [4.78, 5) is 16.2. The molecule has 1 saturated carbocycles. The van der Waals surface area contributed by atoms with Crippen LogP contribution in [0.5, 0.6) is 0 Å². The van der Waals surface area contributed by atoms with Gasteiger partial charge < -0.3 is 11.1 Å². The van der Waals surface area contributed by atoms with Crippen molar-refractivity contribution in [3.05, 3.63) is 29.3 Å². The van der Waals surface area contributed by atoms with Gasteiger partial charge in [0, 0.05) is 12.2 Å². The largest absolute Gasteiger partial charge is 0.370 e. The maximum atomic E-state index is 12.0. The topological polar surface area (TPSA) is 79.5 Å². The molecule has 1 aliphatic carbocycles. The van der Waals surface area contributed by atoms with Crippen LogP contribution in [0.2, 0.25) is 0 Å². The molecule has 1 aromatic carbocycles. The molecule has 0 atom stereocenters. The van der Waals surface area contributed by atoms with Crippen molar-refractivity contribution in [3.63, 3.8) is 0 Å². The van der Waals surface area contributed by atoms with E-state index in [0.29, 0.717) is 6.54 Å². The summed E-state index contributed by atoms with van der Waals surface area (Å²) in [6.45, 7) is 4.60. The zero-order chi connectivity index (χ0) is 15.9. The molecule has 4 N–H and O–H groups in total. The highest BCUT2D eigenvalue weighted by atomic mass is 16.2. The number of amides is 2. The van der Waals surface area contributed by atoms with Crippen LogP contribution >= 0.6 is 0 Å². The minimum Gasteiger partial charge on any atom is -0.370 e. The standard InChI is InChI=1S/C17H26N4O/c1-12-6-5-7-13(2)15(12)20-17(22)21-16(18)19-11-10-14-8-3-4-9-14/h5-7,14H,3-4,8-11H2,1-2H3,(H4,18,19,20,21,22). The fraction of sp³-hybridized carbons (Fsp3) is 0.529. The number of anilines is 1. The number of rotatable bonds is 4. The number of para-hydroxylation sites is 1. The first-order chi connectivity index (χ1) is 10.6. The summed E-state index contributed by atoms with van der Waals surface area (Å²) in [5, 5.41) is 5.42. The van der Waals surface area contributed by atoms with E-state index < -0.39 is 0 Å². The minimum atomic E-state index is -0.348. The number of guanidine groups is 1. The Balaban J connectivity index is 1.80. The molecule has 0 aromatic heterocycles. The number of nitrogens with two attached hydrogens (primary N) is 1. The molecule has 0 aliphatic heterocycles. The molecule has 1 aromatic rings. The lowest BCUT2D eigenvalue weighted by Gasteiger charge is -2.12. The fourth-order valence-electron chi connectivity index (χ4n) is 2.98. The van der Waals surface area contributed by atoms with E-state index in [4.69, 9.17) is 5.73 Å². The molecule has 0 saturated heterocycles. The Hall–Kier alpha value is -2.04. The van der Waals surface area contributed by atoms with Crippen molar-refractivity contribution >= 4 is 17.7 Å². The van der Waals surface area contributed by atoms with Gasteiger partial charge in [0.2, 0.25) is 0 Å². The summed E-state index contributed by atoms with van der Waals surface area (Å²) in [6.07, 6.45) is 6.33. The van der Waals surface area contributed by atoms with E-state index in [9.17, 15) is 4.79 Å². The molecule has 5 heteroatoms. The van der Waals surface area contributed by atoms with E-state index in [0.717, 1.165) is 29.2 Å². The van der Waals surface area contributed by atoms with Crippen LogP contribution in [0.15, 0.2) is 23.2 Å². The second-order valence-corrected chi connectivity index (χ2v) is 6.05. The van der Waals surface area contributed by atoms with Gasteiger partial charge in [-0.1, -0.05) is 43.9 Å². The number of urea groups is 1. The van der Waals surface area contributed by atoms with E-state index in [2.05, 4.69) is 15.6 Å². The quantitative estimate of drug-likeness (QED) is 0.589. The smallest absolute Gasteiger partial charge is 0.326 e. The summed E-state index contributed by atoms with van der Waals surface area (Å²) in [5.41, 5.74) is 8.63. The Bertz CT molecular complexity index is 527. The number of hydrogen-bond donors (Lipinski definition) is 3. The van der Waals surface area contributed by atoms with Crippen molar-refractivity contribution in [2.75, 3.05) is 11.9 Å². The normalized spacial score (nSPS) is 15.8. The summed E-state index contributed by atoms with van der Waals surface area (Å²) in [6, 6.07) is 5.54. The van der Waals surface area contributed by atoms with E-state index in [1.54, 1.807) is 0 Å². The van der Waals surface area contributed by atoms with E-state index in [1.807, 2.05) is 32.0 Å². The van der Waals surface area contributed by atoms with Crippen molar-refractivity contribution < 1.29 is 4.79 Å². The molecule has 1 fully saturated rings. The van der Waals surface area contributed by atoms with Crippen LogP contribution in [0.1, 0.15) is 43.2 Å². The van der Waals surface area contributed by atoms with Crippen LogP contribution < -0.4 is 16.4 Å². The number of nitrogens with zero attached hydrogens (tertiary/aromatic N) is 1. The lowest BCUT2D eigenvalue weighted by atomic mass is 10.0. The second kappa shape index (κ2) is 7.82. The molecule has 22 heavy (non-hydrogen) atoms. The van der Waals surface area contributed by atoms with Crippen molar-refractivity contribution in [2.24, 2.45) is 16.6 Å². The highest BCUT2D eigenvalue weighted by Crippen LogP contribution is 2.27. The van der Waals surface area contributed by atoms with Gasteiger partial charge in [-0.2, -0.15) is 0 Å². The monoisotopic (exact) mass is 302 g/mol. The minimum absolute atomic E-state index is 0.182. The molecular formula is C17H26N4O. The number of benzene rings is 1. The number of carbonyl (C=O) groups excluding carboxylic acids is 1. The van der Waals surface area contributed by atoms with Gasteiger partial charge in [-0.25, -0.2) is 4.79 Å². The van der Waals surface area contributed by atoms with Gasteiger partial charge in [-0.3, -0.25) is 10.3 Å². The molecule has 0 spiro atoms. The zero-order valence-electron chi connectivity index (χ0n) is 13.5. The highest BCUT2D eigenvalue weighted by molar-refractivity contribution is 6.02. The summed E-state index contributed by atoms with van der Waals surface area (Å²) < 4.78 is 0. The first-order valence-electron chi connectivity index (χ1n) is 8.00. The molecule has 5 nitrogen and oxygen atoms in total. The van der Waals surface area contributed by atoms with Crippen molar-refractivity contribution in [2.45, 2.75) is 46.0 Å². The lowest BCUT2D eigenvalue weighted by Crippen LogP contribution is -2.40. The third kappa shape index (κ3) is 4.76. The number of carbonyl (C=O) groups is 1. The van der Waals surface area contributed by atoms with Gasteiger partial charge in [0.05, 0.1) is 0 Å². The van der Waals surface area contributed by atoms with Crippen LogP contribution in [-0.4, -0.2) is 18.5 Å². The van der Waals surface area contributed by atoms with Gasteiger partial charge in [0.15, 0.2) is 5.96 Å². The Morgan fingerprint density at radius 2 is 1.91 bits per heavy atom. The number of hydrogen-bond acceptors (Lipinski definition) is 2. The molecule has 2 amide bonds. The maximum absolute atomic E-state index is 12.0. The maximum Gasteiger partial charge on any atom is 0.326 e. The van der Waals surface area contributed by atoms with E-state index in [1.165, 1.54) is 25.7 Å². The van der Waals surface area contributed by atoms with E-state index in [-0.39, 0.29) is 12.0 Å². The number of aryl methyl sites for hydroxylation is 2. The van der Waals surface area contributed by atoms with Gasteiger partial charge in [-0.15, -0.1) is 0 Å². The Labute approximate surface area is 132 Å². The van der Waals surface area contributed by atoms with Crippen LogP contribution in [0.25, 0.3) is 0 Å². The molecule has 1 aliphatic rings. The molecular weight excluding hydrogens is 276 g/mol. The van der Waals surface area contributed by atoms with Gasteiger partial charge >= 0.3 is 6.03 Å². The van der Waals surface area contributed by atoms with Gasteiger partial charge in [0.1, 0.15) is 0 Å². The third-order valence-corrected chi connectivity index (χ3v) is 4.26. The number of nitrogens with one attached hydrogen (secondary N) is 2. The first kappa shape index (κ1) is 16.3. The second-order valence-electron chi connectivity index (χ2n) is 6.05. The molecule has 0 bridgehead atoms. The van der Waals surface area contributed by atoms with Crippen molar-refractivity contribution in [1.82, 2.24) is 5.32 Å². The van der Waals surface area contributed by atoms with Gasteiger partial charge in [0.25, 0.3) is 0 Å². The Morgan fingerprint density at radius 1 is 1.27 bits per heavy atom.